The van der Waals surface area contributed by atoms with E-state index in [4.69, 9.17) is 0 Å². The van der Waals surface area contributed by atoms with Crippen LogP contribution in [0.5, 0.6) is 0 Å². The summed E-state index contributed by atoms with van der Waals surface area (Å²) in [4.78, 5) is 8.83. The molecule has 0 atom stereocenters. The van der Waals surface area contributed by atoms with Crippen molar-refractivity contribution in [2.45, 2.75) is 21.4 Å². The lowest BCUT2D eigenvalue weighted by Crippen LogP contribution is -2.03. The van der Waals surface area contributed by atoms with Crippen molar-refractivity contribution >= 4 is 46.4 Å². The Kier molecular flexibility index (Phi) is 5.48. The Balaban J connectivity index is 1.66. The molecule has 2 aromatic heterocycles. The molecular weight excluding hydrogens is 395 g/mol. The molecule has 0 saturated heterocycles. The van der Waals surface area contributed by atoms with Crippen LogP contribution in [0.1, 0.15) is 11.3 Å². The molecule has 24 heavy (non-hydrogen) atoms. The SMILES string of the molecule is CSc1nsc(SCc2csc(-c3ccc(C(F)(F)F)cc3)n2)n1. The minimum absolute atomic E-state index is 0.653. The fraction of sp³-hybridized carbons (Fsp3) is 0.214. The molecule has 0 aliphatic heterocycles. The van der Waals surface area contributed by atoms with E-state index in [0.29, 0.717) is 16.3 Å². The lowest BCUT2D eigenvalue weighted by atomic mass is 10.1. The zero-order chi connectivity index (χ0) is 17.2. The zero-order valence-corrected chi connectivity index (χ0v) is 15.5. The molecule has 0 unspecified atom stereocenters. The summed E-state index contributed by atoms with van der Waals surface area (Å²) < 4.78 is 42.8. The maximum Gasteiger partial charge on any atom is 0.416 e. The topological polar surface area (TPSA) is 38.7 Å². The third-order valence-corrected chi connectivity index (χ3v) is 6.40. The van der Waals surface area contributed by atoms with Crippen LogP contribution < -0.4 is 0 Å². The van der Waals surface area contributed by atoms with Crippen molar-refractivity contribution in [3.05, 3.63) is 40.9 Å². The van der Waals surface area contributed by atoms with Gasteiger partial charge < -0.3 is 0 Å². The number of thiazole rings is 1. The van der Waals surface area contributed by atoms with Crippen LogP contribution in [0.2, 0.25) is 0 Å². The van der Waals surface area contributed by atoms with Crippen molar-refractivity contribution in [2.75, 3.05) is 6.26 Å². The van der Waals surface area contributed by atoms with Gasteiger partial charge in [0.15, 0.2) is 4.34 Å². The first-order valence-corrected chi connectivity index (χ1v) is 10.4. The van der Waals surface area contributed by atoms with Gasteiger partial charge in [0.25, 0.3) is 0 Å². The summed E-state index contributed by atoms with van der Waals surface area (Å²) >= 11 is 5.82. The number of thioether (sulfide) groups is 2. The maximum absolute atomic E-state index is 12.6. The van der Waals surface area contributed by atoms with Crippen LogP contribution in [0.3, 0.4) is 0 Å². The van der Waals surface area contributed by atoms with E-state index in [1.165, 1.54) is 46.8 Å². The van der Waals surface area contributed by atoms with Gasteiger partial charge >= 0.3 is 6.18 Å². The first-order chi connectivity index (χ1) is 11.5. The van der Waals surface area contributed by atoms with Crippen LogP contribution >= 0.6 is 46.4 Å². The van der Waals surface area contributed by atoms with Crippen molar-refractivity contribution in [3.8, 4) is 10.6 Å². The molecule has 1 aromatic carbocycles. The van der Waals surface area contributed by atoms with E-state index in [1.54, 1.807) is 11.8 Å². The summed E-state index contributed by atoms with van der Waals surface area (Å²) in [6.45, 7) is 0. The largest absolute Gasteiger partial charge is 0.416 e. The minimum atomic E-state index is -4.32. The number of hydrogen-bond acceptors (Lipinski definition) is 7. The molecule has 0 spiro atoms. The van der Waals surface area contributed by atoms with E-state index in [0.717, 1.165) is 27.3 Å². The summed E-state index contributed by atoms with van der Waals surface area (Å²) in [5, 5.41) is 3.38. The normalized spacial score (nSPS) is 11.8. The Bertz CT molecular complexity index is 811. The van der Waals surface area contributed by atoms with Gasteiger partial charge in [0.2, 0.25) is 5.16 Å². The van der Waals surface area contributed by atoms with Crippen LogP contribution in [0.25, 0.3) is 10.6 Å². The third-order valence-electron chi connectivity index (χ3n) is 2.93. The first kappa shape index (κ1) is 17.7. The molecule has 0 saturated carbocycles. The van der Waals surface area contributed by atoms with Crippen LogP contribution in [0.4, 0.5) is 13.2 Å². The molecule has 0 aliphatic rings. The summed E-state index contributed by atoms with van der Waals surface area (Å²) in [6.07, 6.45) is -2.39. The number of hydrogen-bond donors (Lipinski definition) is 0. The number of alkyl halides is 3. The van der Waals surface area contributed by atoms with Crippen molar-refractivity contribution in [1.82, 2.24) is 14.3 Å². The Hall–Kier alpha value is -1.10. The van der Waals surface area contributed by atoms with E-state index in [9.17, 15) is 13.2 Å². The van der Waals surface area contributed by atoms with Gasteiger partial charge in [-0.2, -0.15) is 17.5 Å². The summed E-state index contributed by atoms with van der Waals surface area (Å²) in [6, 6.07) is 5.06. The van der Waals surface area contributed by atoms with Crippen LogP contribution in [0.15, 0.2) is 39.1 Å². The van der Waals surface area contributed by atoms with Gasteiger partial charge in [0, 0.05) is 16.7 Å². The minimum Gasteiger partial charge on any atom is -0.240 e. The van der Waals surface area contributed by atoms with Gasteiger partial charge in [0.05, 0.1) is 11.3 Å². The van der Waals surface area contributed by atoms with Crippen molar-refractivity contribution < 1.29 is 13.2 Å². The van der Waals surface area contributed by atoms with E-state index < -0.39 is 11.7 Å². The van der Waals surface area contributed by atoms with Crippen molar-refractivity contribution in [3.63, 3.8) is 0 Å². The van der Waals surface area contributed by atoms with Crippen LogP contribution in [0, 0.1) is 0 Å². The second-order valence-corrected chi connectivity index (χ2v) is 8.16. The molecule has 0 N–H and O–H groups in total. The molecule has 2 heterocycles. The number of aromatic nitrogens is 3. The quantitative estimate of drug-likeness (QED) is 0.510. The van der Waals surface area contributed by atoms with Crippen LogP contribution in [-0.2, 0) is 11.9 Å². The lowest BCUT2D eigenvalue weighted by molar-refractivity contribution is -0.137. The molecule has 0 aliphatic carbocycles. The molecule has 0 bridgehead atoms. The fourth-order valence-corrected chi connectivity index (χ4v) is 4.82. The molecule has 0 radical (unpaired) electrons. The predicted octanol–water partition coefficient (Wildman–Crippen LogP) is 5.69. The van der Waals surface area contributed by atoms with Gasteiger partial charge in [0.1, 0.15) is 5.01 Å². The number of rotatable bonds is 5. The molecule has 126 valence electrons. The Morgan fingerprint density at radius 1 is 1.12 bits per heavy atom. The average Bonchev–Trinajstić information content (AvgIpc) is 3.21. The van der Waals surface area contributed by atoms with E-state index in [-0.39, 0.29) is 0 Å². The fourth-order valence-electron chi connectivity index (χ4n) is 1.78. The maximum atomic E-state index is 12.6. The summed E-state index contributed by atoms with van der Waals surface area (Å²) in [5.74, 6) is 0.653. The van der Waals surface area contributed by atoms with Crippen LogP contribution in [-0.4, -0.2) is 20.6 Å². The Morgan fingerprint density at radius 3 is 2.50 bits per heavy atom. The molecule has 3 nitrogen and oxygen atoms in total. The second-order valence-electron chi connectivity index (χ2n) is 4.55. The second kappa shape index (κ2) is 7.42. The molecular formula is C14H10F3N3S4. The Labute approximate surface area is 152 Å². The molecule has 0 fully saturated rings. The molecule has 0 amide bonds. The third kappa shape index (κ3) is 4.29. The van der Waals surface area contributed by atoms with E-state index >= 15 is 0 Å². The highest BCUT2D eigenvalue weighted by Gasteiger charge is 2.30. The number of benzene rings is 1. The monoisotopic (exact) mass is 405 g/mol. The van der Waals surface area contributed by atoms with Crippen molar-refractivity contribution in [1.29, 1.82) is 0 Å². The zero-order valence-electron chi connectivity index (χ0n) is 12.2. The lowest BCUT2D eigenvalue weighted by Gasteiger charge is -2.06. The van der Waals surface area contributed by atoms with E-state index in [1.807, 2.05) is 11.6 Å². The molecule has 3 rings (SSSR count). The van der Waals surface area contributed by atoms with Gasteiger partial charge in [-0.1, -0.05) is 35.7 Å². The highest BCUT2D eigenvalue weighted by atomic mass is 32.2. The van der Waals surface area contributed by atoms with E-state index in [2.05, 4.69) is 14.3 Å². The van der Waals surface area contributed by atoms with Gasteiger partial charge in [-0.15, -0.1) is 11.3 Å². The highest BCUT2D eigenvalue weighted by Crippen LogP contribution is 2.33. The molecule has 3 aromatic rings. The standard InChI is InChI=1S/C14H10F3N3S4/c1-21-12-19-13(24-20-12)23-7-10-6-22-11(18-10)8-2-4-9(5-3-8)14(15,16)17/h2-6H,7H2,1H3. The van der Waals surface area contributed by atoms with Gasteiger partial charge in [-0.25, -0.2) is 9.97 Å². The van der Waals surface area contributed by atoms with Crippen molar-refractivity contribution in [2.24, 2.45) is 0 Å². The van der Waals surface area contributed by atoms with Gasteiger partial charge in [-0.05, 0) is 29.9 Å². The summed E-state index contributed by atoms with van der Waals surface area (Å²) in [7, 11) is 0. The predicted molar refractivity (Wildman–Crippen MR) is 93.8 cm³/mol. The molecule has 10 heteroatoms. The smallest absolute Gasteiger partial charge is 0.240 e. The first-order valence-electron chi connectivity index (χ1n) is 6.58. The highest BCUT2D eigenvalue weighted by molar-refractivity contribution is 8.00. The number of nitrogens with zero attached hydrogens (tertiary/aromatic N) is 3. The Morgan fingerprint density at radius 2 is 1.88 bits per heavy atom. The number of halogens is 3. The van der Waals surface area contributed by atoms with Gasteiger partial charge in [-0.3, -0.25) is 0 Å². The average molecular weight is 406 g/mol. The summed E-state index contributed by atoms with van der Waals surface area (Å²) in [5.41, 5.74) is 0.907.